The molecule has 1 aliphatic carbocycles. The van der Waals surface area contributed by atoms with Gasteiger partial charge in [0.25, 0.3) is 0 Å². The summed E-state index contributed by atoms with van der Waals surface area (Å²) in [5.74, 6) is 0.921. The molecule has 0 radical (unpaired) electrons. The van der Waals surface area contributed by atoms with E-state index in [9.17, 15) is 4.39 Å². The van der Waals surface area contributed by atoms with Gasteiger partial charge in [-0.2, -0.15) is 0 Å². The number of hydrogen-bond acceptors (Lipinski definition) is 8. The third-order valence-electron chi connectivity index (χ3n) is 8.98. The number of nitrogens with one attached hydrogen (secondary N) is 1. The summed E-state index contributed by atoms with van der Waals surface area (Å²) in [7, 11) is 3.90. The number of halogens is 1. The van der Waals surface area contributed by atoms with Crippen LogP contribution in [-0.4, -0.2) is 82.3 Å². The SMILES string of the molecule is CNC(OC)c1c(-c2ccc(F)cc2)oc2cc(N(C)CCOCCOCCOCCO[Si](C)(C)C(C)(C)C)c(C3CC3)cc12. The van der Waals surface area contributed by atoms with E-state index in [1.807, 2.05) is 7.05 Å². The Labute approximate surface area is 269 Å². The number of methoxy groups -OCH3 is 1. The van der Waals surface area contributed by atoms with E-state index in [2.05, 4.69) is 63.3 Å². The van der Waals surface area contributed by atoms with Crippen molar-refractivity contribution in [2.24, 2.45) is 0 Å². The lowest BCUT2D eigenvalue weighted by Gasteiger charge is -2.36. The van der Waals surface area contributed by atoms with Gasteiger partial charge in [0.1, 0.15) is 23.4 Å². The van der Waals surface area contributed by atoms with Crippen molar-refractivity contribution in [2.45, 2.75) is 63.9 Å². The molecule has 45 heavy (non-hydrogen) atoms. The molecule has 10 heteroatoms. The van der Waals surface area contributed by atoms with Gasteiger partial charge in [-0.15, -0.1) is 0 Å². The van der Waals surface area contributed by atoms with Gasteiger partial charge in [-0.1, -0.05) is 20.8 Å². The molecule has 1 unspecified atom stereocenters. The van der Waals surface area contributed by atoms with Crippen LogP contribution < -0.4 is 10.2 Å². The number of likely N-dealkylation sites (N-methyl/N-ethyl adjacent to an activating group) is 1. The van der Waals surface area contributed by atoms with Crippen LogP contribution in [0.25, 0.3) is 22.3 Å². The molecule has 3 aromatic rings. The normalized spacial score (nSPS) is 14.8. The van der Waals surface area contributed by atoms with E-state index >= 15 is 0 Å². The molecule has 1 atom stereocenters. The number of furan rings is 1. The molecule has 1 N–H and O–H groups in total. The second-order valence-electron chi connectivity index (χ2n) is 13.3. The smallest absolute Gasteiger partial charge is 0.192 e. The van der Waals surface area contributed by atoms with Crippen LogP contribution in [0, 0.1) is 5.82 Å². The van der Waals surface area contributed by atoms with Gasteiger partial charge in [0.2, 0.25) is 0 Å². The first-order valence-corrected chi connectivity index (χ1v) is 19.0. The van der Waals surface area contributed by atoms with Gasteiger partial charge in [-0.3, -0.25) is 5.32 Å². The predicted molar refractivity (Wildman–Crippen MR) is 181 cm³/mol. The molecule has 1 saturated carbocycles. The van der Waals surface area contributed by atoms with Crippen LogP contribution in [0.5, 0.6) is 0 Å². The Bertz CT molecular complexity index is 1350. The minimum Gasteiger partial charge on any atom is -0.456 e. The zero-order valence-electron chi connectivity index (χ0n) is 28.5. The summed E-state index contributed by atoms with van der Waals surface area (Å²) in [4.78, 5) is 2.24. The average molecular weight is 645 g/mol. The van der Waals surface area contributed by atoms with Gasteiger partial charge in [0.15, 0.2) is 8.32 Å². The number of rotatable bonds is 19. The Kier molecular flexibility index (Phi) is 12.6. The Hall–Kier alpha value is -2.31. The summed E-state index contributed by atoms with van der Waals surface area (Å²) in [6.45, 7) is 15.9. The lowest BCUT2D eigenvalue weighted by molar-refractivity contribution is 0.00965. The molecule has 1 aromatic heterocycles. The summed E-state index contributed by atoms with van der Waals surface area (Å²) >= 11 is 0. The molecule has 2 aromatic carbocycles. The third-order valence-corrected chi connectivity index (χ3v) is 13.5. The zero-order chi connectivity index (χ0) is 32.6. The van der Waals surface area contributed by atoms with Gasteiger partial charge in [0.05, 0.1) is 46.2 Å². The molecular weight excluding hydrogens is 591 g/mol. The minimum atomic E-state index is -1.72. The fourth-order valence-corrected chi connectivity index (χ4v) is 6.14. The van der Waals surface area contributed by atoms with Gasteiger partial charge in [-0.05, 0) is 79.8 Å². The molecule has 4 rings (SSSR count). The monoisotopic (exact) mass is 644 g/mol. The van der Waals surface area contributed by atoms with E-state index in [0.717, 1.165) is 34.3 Å². The van der Waals surface area contributed by atoms with Crippen molar-refractivity contribution in [1.82, 2.24) is 5.32 Å². The number of ether oxygens (including phenoxy) is 4. The van der Waals surface area contributed by atoms with Crippen LogP contribution in [0.2, 0.25) is 18.1 Å². The van der Waals surface area contributed by atoms with Crippen LogP contribution in [0.4, 0.5) is 10.1 Å². The molecule has 1 heterocycles. The lowest BCUT2D eigenvalue weighted by atomic mass is 9.99. The highest BCUT2D eigenvalue weighted by Crippen LogP contribution is 2.48. The first kappa shape index (κ1) is 35.5. The van der Waals surface area contributed by atoms with Crippen LogP contribution in [-0.2, 0) is 23.4 Å². The largest absolute Gasteiger partial charge is 0.456 e. The van der Waals surface area contributed by atoms with Gasteiger partial charge >= 0.3 is 0 Å². The fraction of sp³-hybridized carbons (Fsp3) is 0.600. The highest BCUT2D eigenvalue weighted by atomic mass is 28.4. The summed E-state index contributed by atoms with van der Waals surface area (Å²) < 4.78 is 49.3. The van der Waals surface area contributed by atoms with Crippen molar-refractivity contribution in [2.75, 3.05) is 78.9 Å². The van der Waals surface area contributed by atoms with E-state index in [1.165, 1.54) is 30.5 Å². The number of fused-ring (bicyclic) bond motifs is 1. The van der Waals surface area contributed by atoms with E-state index in [-0.39, 0.29) is 17.1 Å². The molecular formula is C35H53FN2O6Si. The number of nitrogens with zero attached hydrogens (tertiary/aromatic N) is 1. The Balaban J connectivity index is 1.28. The van der Waals surface area contributed by atoms with E-state index in [1.54, 1.807) is 19.2 Å². The predicted octanol–water partition coefficient (Wildman–Crippen LogP) is 7.49. The Morgan fingerprint density at radius 1 is 0.956 bits per heavy atom. The molecule has 0 aliphatic heterocycles. The maximum absolute atomic E-state index is 13.7. The van der Waals surface area contributed by atoms with E-state index in [4.69, 9.17) is 27.8 Å². The number of benzene rings is 2. The van der Waals surface area contributed by atoms with Crippen molar-refractivity contribution >= 4 is 25.0 Å². The van der Waals surface area contributed by atoms with Gasteiger partial charge < -0.3 is 32.7 Å². The molecule has 0 saturated heterocycles. The van der Waals surface area contributed by atoms with Crippen LogP contribution in [0.15, 0.2) is 40.8 Å². The zero-order valence-corrected chi connectivity index (χ0v) is 29.5. The maximum Gasteiger partial charge on any atom is 0.192 e. The number of hydrogen-bond donors (Lipinski definition) is 1. The van der Waals surface area contributed by atoms with E-state index in [0.29, 0.717) is 57.9 Å². The van der Waals surface area contributed by atoms with Crippen molar-refractivity contribution in [1.29, 1.82) is 0 Å². The minimum absolute atomic E-state index is 0.207. The lowest BCUT2D eigenvalue weighted by Crippen LogP contribution is -2.41. The molecule has 8 nitrogen and oxygen atoms in total. The second-order valence-corrected chi connectivity index (χ2v) is 18.1. The topological polar surface area (TPSA) is 74.6 Å². The highest BCUT2D eigenvalue weighted by molar-refractivity contribution is 6.74. The molecule has 1 fully saturated rings. The molecule has 0 spiro atoms. The number of anilines is 1. The van der Waals surface area contributed by atoms with Crippen LogP contribution >= 0.6 is 0 Å². The first-order valence-electron chi connectivity index (χ1n) is 16.1. The average Bonchev–Trinajstić information content (AvgIpc) is 3.79. The van der Waals surface area contributed by atoms with Crippen molar-refractivity contribution in [3.63, 3.8) is 0 Å². The van der Waals surface area contributed by atoms with E-state index < -0.39 is 8.32 Å². The fourth-order valence-electron chi connectivity index (χ4n) is 5.11. The van der Waals surface area contributed by atoms with Crippen LogP contribution in [0.1, 0.15) is 56.9 Å². The third kappa shape index (κ3) is 9.38. The summed E-state index contributed by atoms with van der Waals surface area (Å²) in [6.07, 6.45) is 1.97. The molecule has 0 amide bonds. The summed E-state index contributed by atoms with van der Waals surface area (Å²) in [6, 6.07) is 10.8. The van der Waals surface area contributed by atoms with Gasteiger partial charge in [0, 0.05) is 49.0 Å². The van der Waals surface area contributed by atoms with Crippen molar-refractivity contribution in [3.05, 3.63) is 53.3 Å². The Morgan fingerprint density at radius 3 is 2.11 bits per heavy atom. The quantitative estimate of drug-likeness (QED) is 0.0818. The van der Waals surface area contributed by atoms with Gasteiger partial charge in [-0.25, -0.2) is 4.39 Å². The molecule has 1 aliphatic rings. The molecule has 250 valence electrons. The van der Waals surface area contributed by atoms with Crippen molar-refractivity contribution < 1.29 is 32.2 Å². The van der Waals surface area contributed by atoms with Crippen molar-refractivity contribution in [3.8, 4) is 11.3 Å². The maximum atomic E-state index is 13.7. The highest BCUT2D eigenvalue weighted by Gasteiger charge is 2.37. The van der Waals surface area contributed by atoms with Crippen LogP contribution in [0.3, 0.4) is 0 Å². The molecule has 0 bridgehead atoms. The summed E-state index contributed by atoms with van der Waals surface area (Å²) in [5, 5.41) is 4.45. The summed E-state index contributed by atoms with van der Waals surface area (Å²) in [5.41, 5.74) is 4.95. The second kappa shape index (κ2) is 16.0. The standard InChI is InChI=1S/C35H53FN2O6Si/c1-35(2,3)45(7,8)43-22-21-42-20-19-41-18-17-40-16-15-38(5)30-24-31-29(23-28(30)25-9-10-25)32(34(37-4)39-6)33(44-31)26-11-13-27(36)14-12-26/h11-14,23-25,34,37H,9-10,15-22H2,1-8H3. The first-order chi connectivity index (χ1) is 21.5. The Morgan fingerprint density at radius 2 is 1.56 bits per heavy atom.